The minimum Gasteiger partial charge on any atom is -0.491 e. The third kappa shape index (κ3) is 7.77. The third-order valence-corrected chi connectivity index (χ3v) is 3.52. The van der Waals surface area contributed by atoms with Gasteiger partial charge in [0.1, 0.15) is 17.2 Å². The van der Waals surface area contributed by atoms with Crippen LogP contribution in [0.2, 0.25) is 0 Å². The Morgan fingerprint density at radius 3 is 2.33 bits per heavy atom. The lowest BCUT2D eigenvalue weighted by molar-refractivity contribution is -0.138. The van der Waals surface area contributed by atoms with Crippen LogP contribution in [0.3, 0.4) is 0 Å². The predicted octanol–water partition coefficient (Wildman–Crippen LogP) is 4.04. The monoisotopic (exact) mass is 339 g/mol. The van der Waals surface area contributed by atoms with E-state index in [0.29, 0.717) is 18.1 Å². The topological polar surface area (TPSA) is 47.6 Å². The summed E-state index contributed by atoms with van der Waals surface area (Å²) in [6.07, 6.45) is 2.28. The summed E-state index contributed by atoms with van der Waals surface area (Å²) >= 11 is 0. The SMILES string of the molecule is CC(C)(C)OC=O.CC(C)Oc1cc(F)ccc1C1CCNCC1. The molecular weight excluding hydrogens is 309 g/mol. The molecule has 1 N–H and O–H groups in total. The van der Waals surface area contributed by atoms with Crippen LogP contribution >= 0.6 is 0 Å². The quantitative estimate of drug-likeness (QED) is 0.841. The van der Waals surface area contributed by atoms with Crippen molar-refractivity contribution in [3.63, 3.8) is 0 Å². The number of carbonyl (C=O) groups excluding carboxylic acids is 1. The number of hydrogen-bond donors (Lipinski definition) is 1. The molecule has 0 bridgehead atoms. The normalized spacial score (nSPS) is 15.5. The van der Waals surface area contributed by atoms with E-state index >= 15 is 0 Å². The summed E-state index contributed by atoms with van der Waals surface area (Å²) in [5.41, 5.74) is 0.837. The fourth-order valence-electron chi connectivity index (χ4n) is 2.48. The number of benzene rings is 1. The maximum absolute atomic E-state index is 13.3. The number of carbonyl (C=O) groups is 1. The zero-order chi connectivity index (χ0) is 18.2. The maximum Gasteiger partial charge on any atom is 0.293 e. The summed E-state index contributed by atoms with van der Waals surface area (Å²) in [6.45, 7) is 11.9. The molecule has 0 radical (unpaired) electrons. The summed E-state index contributed by atoms with van der Waals surface area (Å²) in [5.74, 6) is 0.982. The van der Waals surface area contributed by atoms with Crippen LogP contribution in [0, 0.1) is 5.82 Å². The van der Waals surface area contributed by atoms with E-state index in [1.54, 1.807) is 0 Å². The van der Waals surface area contributed by atoms with Gasteiger partial charge in [0.15, 0.2) is 0 Å². The number of piperidine rings is 1. The van der Waals surface area contributed by atoms with Gasteiger partial charge in [0.2, 0.25) is 0 Å². The second-order valence-electron chi connectivity index (χ2n) is 7.20. The molecule has 1 aliphatic rings. The Bertz CT molecular complexity index is 506. The van der Waals surface area contributed by atoms with E-state index in [9.17, 15) is 9.18 Å². The lowest BCUT2D eigenvalue weighted by Crippen LogP contribution is -2.27. The Kier molecular flexibility index (Phi) is 8.19. The standard InChI is InChI=1S/C14H20FNO.C5H10O2/c1-10(2)17-14-9-12(15)3-4-13(14)11-5-7-16-8-6-11;1-5(2,3)7-4-6/h3-4,9-11,16H,5-8H2,1-2H3;4H,1-3H3. The van der Waals surface area contributed by atoms with Gasteiger partial charge >= 0.3 is 0 Å². The van der Waals surface area contributed by atoms with Gasteiger partial charge in [0.25, 0.3) is 6.47 Å². The van der Waals surface area contributed by atoms with E-state index in [4.69, 9.17) is 4.74 Å². The Morgan fingerprint density at radius 1 is 1.25 bits per heavy atom. The molecule has 0 aromatic heterocycles. The molecule has 0 saturated carbocycles. The number of nitrogens with one attached hydrogen (secondary N) is 1. The zero-order valence-corrected chi connectivity index (χ0v) is 15.4. The highest BCUT2D eigenvalue weighted by atomic mass is 19.1. The summed E-state index contributed by atoms with van der Waals surface area (Å²) in [7, 11) is 0. The number of rotatable bonds is 4. The molecule has 2 rings (SSSR count). The molecule has 4 nitrogen and oxygen atoms in total. The van der Waals surface area contributed by atoms with Gasteiger partial charge in [0, 0.05) is 6.07 Å². The highest BCUT2D eigenvalue weighted by Crippen LogP contribution is 2.33. The molecule has 136 valence electrons. The molecule has 0 spiro atoms. The van der Waals surface area contributed by atoms with Crippen molar-refractivity contribution in [3.8, 4) is 5.75 Å². The first-order valence-corrected chi connectivity index (χ1v) is 8.51. The van der Waals surface area contributed by atoms with Gasteiger partial charge in [-0.15, -0.1) is 0 Å². The fraction of sp³-hybridized carbons (Fsp3) is 0.632. The number of hydrogen-bond acceptors (Lipinski definition) is 4. The van der Waals surface area contributed by atoms with E-state index in [1.165, 1.54) is 12.1 Å². The lowest BCUT2D eigenvalue weighted by atomic mass is 9.89. The molecule has 1 aromatic carbocycles. The van der Waals surface area contributed by atoms with Gasteiger partial charge in [-0.05, 0) is 78.1 Å². The molecule has 0 aliphatic carbocycles. The van der Waals surface area contributed by atoms with Gasteiger partial charge in [-0.25, -0.2) is 4.39 Å². The highest BCUT2D eigenvalue weighted by molar-refractivity contribution is 5.38. The van der Waals surface area contributed by atoms with Crippen LogP contribution < -0.4 is 10.1 Å². The zero-order valence-electron chi connectivity index (χ0n) is 15.4. The van der Waals surface area contributed by atoms with Crippen LogP contribution in [-0.2, 0) is 9.53 Å². The Hall–Kier alpha value is -1.62. The van der Waals surface area contributed by atoms with E-state index in [2.05, 4.69) is 10.1 Å². The first-order chi connectivity index (χ1) is 11.2. The second-order valence-corrected chi connectivity index (χ2v) is 7.20. The summed E-state index contributed by atoms with van der Waals surface area (Å²) in [4.78, 5) is 9.60. The molecule has 5 heteroatoms. The smallest absolute Gasteiger partial charge is 0.293 e. The predicted molar refractivity (Wildman–Crippen MR) is 93.9 cm³/mol. The highest BCUT2D eigenvalue weighted by Gasteiger charge is 2.19. The molecule has 1 aliphatic heterocycles. The maximum atomic E-state index is 13.3. The average molecular weight is 339 g/mol. The van der Waals surface area contributed by atoms with E-state index < -0.39 is 0 Å². The Balaban J connectivity index is 0.000000351. The van der Waals surface area contributed by atoms with Gasteiger partial charge in [-0.1, -0.05) is 6.07 Å². The average Bonchev–Trinajstić information content (AvgIpc) is 2.47. The summed E-state index contributed by atoms with van der Waals surface area (Å²) in [6, 6.07) is 4.92. The van der Waals surface area contributed by atoms with Crippen LogP contribution in [0.4, 0.5) is 4.39 Å². The largest absolute Gasteiger partial charge is 0.491 e. The van der Waals surface area contributed by atoms with Crippen molar-refractivity contribution in [1.82, 2.24) is 5.32 Å². The lowest BCUT2D eigenvalue weighted by Gasteiger charge is -2.25. The molecule has 0 unspecified atom stereocenters. The van der Waals surface area contributed by atoms with E-state index in [0.717, 1.165) is 31.5 Å². The van der Waals surface area contributed by atoms with Crippen LogP contribution in [0.15, 0.2) is 18.2 Å². The minimum atomic E-state index is -0.318. The molecule has 24 heavy (non-hydrogen) atoms. The van der Waals surface area contributed by atoms with Crippen molar-refractivity contribution < 1.29 is 18.7 Å². The number of halogens is 1. The van der Waals surface area contributed by atoms with Gasteiger partial charge in [-0.2, -0.15) is 0 Å². The first-order valence-electron chi connectivity index (χ1n) is 8.51. The van der Waals surface area contributed by atoms with Crippen molar-refractivity contribution in [2.24, 2.45) is 0 Å². The Labute approximate surface area is 144 Å². The number of ether oxygens (including phenoxy) is 2. The van der Waals surface area contributed by atoms with Crippen molar-refractivity contribution in [2.75, 3.05) is 13.1 Å². The Morgan fingerprint density at radius 2 is 1.88 bits per heavy atom. The summed E-state index contributed by atoms with van der Waals surface area (Å²) in [5, 5.41) is 3.34. The molecule has 1 fully saturated rings. The van der Waals surface area contributed by atoms with Crippen LogP contribution in [0.5, 0.6) is 5.75 Å². The molecular formula is C19H30FNO3. The van der Waals surface area contributed by atoms with Gasteiger partial charge in [-0.3, -0.25) is 4.79 Å². The van der Waals surface area contributed by atoms with Crippen LogP contribution in [0.1, 0.15) is 58.9 Å². The van der Waals surface area contributed by atoms with E-state index in [1.807, 2.05) is 40.7 Å². The molecule has 1 aromatic rings. The molecule has 1 saturated heterocycles. The summed E-state index contributed by atoms with van der Waals surface area (Å²) < 4.78 is 23.5. The molecule has 1 heterocycles. The second kappa shape index (κ2) is 9.62. The van der Waals surface area contributed by atoms with Crippen molar-refractivity contribution in [2.45, 2.75) is 65.1 Å². The van der Waals surface area contributed by atoms with Crippen LogP contribution in [0.25, 0.3) is 0 Å². The van der Waals surface area contributed by atoms with E-state index in [-0.39, 0.29) is 17.5 Å². The molecule has 0 atom stereocenters. The molecule has 0 amide bonds. The van der Waals surface area contributed by atoms with Gasteiger partial charge < -0.3 is 14.8 Å². The fourth-order valence-corrected chi connectivity index (χ4v) is 2.48. The van der Waals surface area contributed by atoms with Crippen molar-refractivity contribution >= 4 is 6.47 Å². The first kappa shape index (κ1) is 20.4. The van der Waals surface area contributed by atoms with Crippen molar-refractivity contribution in [1.29, 1.82) is 0 Å². The van der Waals surface area contributed by atoms with Crippen LogP contribution in [-0.4, -0.2) is 31.3 Å². The third-order valence-electron chi connectivity index (χ3n) is 3.52. The van der Waals surface area contributed by atoms with Gasteiger partial charge in [0.05, 0.1) is 6.10 Å². The van der Waals surface area contributed by atoms with Crippen molar-refractivity contribution in [3.05, 3.63) is 29.6 Å². The minimum absolute atomic E-state index is 0.0808.